The third-order valence-electron chi connectivity index (χ3n) is 1.28. The third kappa shape index (κ3) is 2.02. The van der Waals surface area contributed by atoms with Gasteiger partial charge in [-0.15, -0.1) is 8.93 Å². The second kappa shape index (κ2) is 4.03. The maximum absolute atomic E-state index is 5.51. The van der Waals surface area contributed by atoms with E-state index in [0.717, 1.165) is 6.29 Å². The summed E-state index contributed by atoms with van der Waals surface area (Å²) in [6.45, 7) is 0. The number of rotatable bonds is 2. The van der Waals surface area contributed by atoms with Crippen LogP contribution in [0.2, 0.25) is 0 Å². The van der Waals surface area contributed by atoms with Gasteiger partial charge in [0.25, 0.3) is 0 Å². The smallest absolute Gasteiger partial charge is 0.0204 e. The van der Waals surface area contributed by atoms with Crippen LogP contribution in [0.1, 0.15) is 0 Å². The summed E-state index contributed by atoms with van der Waals surface area (Å²) in [5.74, 6) is 0. The first-order valence-electron chi connectivity index (χ1n) is 3.12. The molecule has 10 heavy (non-hydrogen) atoms. The van der Waals surface area contributed by atoms with Crippen molar-refractivity contribution in [3.63, 3.8) is 0 Å². The molecule has 0 saturated carbocycles. The Hall–Kier alpha value is 0.0400. The van der Waals surface area contributed by atoms with Crippen molar-refractivity contribution >= 4 is 21.8 Å². The maximum atomic E-state index is 5.51. The van der Waals surface area contributed by atoms with E-state index < -0.39 is 0 Å². The molecule has 1 aromatic carbocycles. The highest BCUT2D eigenvalue weighted by Crippen LogP contribution is 2.40. The molecule has 54 valence electrons. The fraction of sp³-hybridized carbons (Fsp3) is 0.143. The molecule has 0 amide bonds. The van der Waals surface area contributed by atoms with E-state index in [9.17, 15) is 0 Å². The minimum atomic E-state index is -0.179. The molecule has 0 heterocycles. The molecule has 0 radical (unpaired) electrons. The highest BCUT2D eigenvalue weighted by Gasteiger charge is 1.98. The van der Waals surface area contributed by atoms with E-state index in [-0.39, 0.29) is 7.61 Å². The molecular weight excluding hydrogens is 160 g/mol. The summed E-state index contributed by atoms with van der Waals surface area (Å²) in [6.07, 6.45) is 0.754. The first kappa shape index (κ1) is 8.14. The molecule has 0 saturated heterocycles. The second-order valence-electron chi connectivity index (χ2n) is 1.99. The van der Waals surface area contributed by atoms with Crippen LogP contribution < -0.4 is 11.0 Å². The fourth-order valence-corrected chi connectivity index (χ4v) is 2.01. The first-order chi connectivity index (χ1) is 4.84. The Labute approximate surface area is 64.9 Å². The summed E-state index contributed by atoms with van der Waals surface area (Å²) >= 11 is 0. The summed E-state index contributed by atoms with van der Waals surface area (Å²) in [6, 6.07) is 10.3. The minimum Gasteiger partial charge on any atom is -0.326 e. The fourth-order valence-electron chi connectivity index (χ4n) is 0.725. The number of hydrogen-bond donors (Lipinski definition) is 1. The van der Waals surface area contributed by atoms with Gasteiger partial charge in [-0.1, -0.05) is 30.3 Å². The molecule has 0 aromatic heterocycles. The van der Waals surface area contributed by atoms with E-state index in [4.69, 9.17) is 5.73 Å². The lowest BCUT2D eigenvalue weighted by atomic mass is 10.4. The molecule has 0 fully saturated rings. The van der Waals surface area contributed by atoms with E-state index in [0.29, 0.717) is 0 Å². The predicted molar refractivity (Wildman–Crippen MR) is 51.8 cm³/mol. The van der Waals surface area contributed by atoms with Crippen LogP contribution in [0.3, 0.4) is 0 Å². The van der Waals surface area contributed by atoms with E-state index in [1.54, 1.807) is 0 Å². The molecule has 2 N–H and O–H groups in total. The van der Waals surface area contributed by atoms with Gasteiger partial charge in [0, 0.05) is 6.29 Å². The van der Waals surface area contributed by atoms with Gasteiger partial charge in [-0.25, -0.2) is 0 Å². The van der Waals surface area contributed by atoms with Gasteiger partial charge in [-0.3, -0.25) is 0 Å². The van der Waals surface area contributed by atoms with E-state index in [2.05, 4.69) is 21.1 Å². The predicted octanol–water partition coefficient (Wildman–Crippen LogP) is 1.50. The molecule has 0 aliphatic carbocycles. The van der Waals surface area contributed by atoms with Gasteiger partial charge >= 0.3 is 0 Å². The molecule has 2 atom stereocenters. The summed E-state index contributed by atoms with van der Waals surface area (Å²) in [5, 5.41) is 1.35. The first-order valence-corrected chi connectivity index (χ1v) is 6.26. The monoisotopic (exact) mass is 171 g/mol. The topological polar surface area (TPSA) is 26.0 Å². The Morgan fingerprint density at radius 3 is 2.40 bits per heavy atom. The Morgan fingerprint density at radius 1 is 1.30 bits per heavy atom. The van der Waals surface area contributed by atoms with Gasteiger partial charge in [0.05, 0.1) is 0 Å². The molecule has 0 bridgehead atoms. The number of nitrogens with two attached hydrogens (primary N) is 1. The maximum Gasteiger partial charge on any atom is 0.0204 e. The summed E-state index contributed by atoms with van der Waals surface area (Å²) in [5.41, 5.74) is 5.51. The van der Waals surface area contributed by atoms with Crippen LogP contribution in [0.5, 0.6) is 0 Å². The Morgan fingerprint density at radius 2 is 1.90 bits per heavy atom. The van der Waals surface area contributed by atoms with Crippen molar-refractivity contribution in [3.8, 4) is 0 Å². The zero-order valence-corrected chi connectivity index (χ0v) is 7.74. The van der Waals surface area contributed by atoms with Gasteiger partial charge in [0.2, 0.25) is 0 Å². The summed E-state index contributed by atoms with van der Waals surface area (Å²) < 4.78 is 0. The lowest BCUT2D eigenvalue weighted by molar-refractivity contribution is 1.39. The second-order valence-corrected chi connectivity index (χ2v) is 5.68. The number of hydrogen-bond acceptors (Lipinski definition) is 1. The summed E-state index contributed by atoms with van der Waals surface area (Å²) in [4.78, 5) is 0. The van der Waals surface area contributed by atoms with Crippen LogP contribution in [-0.4, -0.2) is 6.29 Å². The van der Waals surface area contributed by atoms with E-state index >= 15 is 0 Å². The quantitative estimate of drug-likeness (QED) is 0.670. The standard InChI is InChI=1S/C7H11NP2/c8-6-10(9)7-4-2-1-3-5-7/h1-5H,6,8-9H2. The number of benzene rings is 1. The van der Waals surface area contributed by atoms with Crippen molar-refractivity contribution in [2.75, 3.05) is 6.29 Å². The van der Waals surface area contributed by atoms with E-state index in [1.807, 2.05) is 18.2 Å². The van der Waals surface area contributed by atoms with Crippen molar-refractivity contribution in [2.45, 2.75) is 0 Å². The van der Waals surface area contributed by atoms with Crippen LogP contribution in [0, 0.1) is 0 Å². The van der Waals surface area contributed by atoms with Crippen molar-refractivity contribution in [2.24, 2.45) is 5.73 Å². The molecule has 0 spiro atoms. The Bertz CT molecular complexity index is 188. The van der Waals surface area contributed by atoms with Crippen LogP contribution >= 0.6 is 16.5 Å². The Kier molecular flexibility index (Phi) is 3.28. The van der Waals surface area contributed by atoms with Gasteiger partial charge < -0.3 is 5.73 Å². The largest absolute Gasteiger partial charge is 0.326 e. The normalized spacial score (nSPS) is 13.0. The molecular formula is C7H11NP2. The van der Waals surface area contributed by atoms with Crippen LogP contribution in [0.15, 0.2) is 30.3 Å². The molecule has 3 heteroatoms. The Balaban J connectivity index is 2.75. The molecule has 1 aromatic rings. The van der Waals surface area contributed by atoms with Crippen molar-refractivity contribution < 1.29 is 0 Å². The van der Waals surface area contributed by atoms with Crippen molar-refractivity contribution in [1.82, 2.24) is 0 Å². The lowest BCUT2D eigenvalue weighted by Crippen LogP contribution is -2.03. The molecule has 1 nitrogen and oxygen atoms in total. The van der Waals surface area contributed by atoms with E-state index in [1.165, 1.54) is 5.30 Å². The van der Waals surface area contributed by atoms with Crippen LogP contribution in [-0.2, 0) is 0 Å². The van der Waals surface area contributed by atoms with Crippen molar-refractivity contribution in [3.05, 3.63) is 30.3 Å². The highest BCUT2D eigenvalue weighted by atomic mass is 32.0. The van der Waals surface area contributed by atoms with Crippen molar-refractivity contribution in [1.29, 1.82) is 0 Å². The zero-order valence-electron chi connectivity index (χ0n) is 5.70. The average molecular weight is 171 g/mol. The SMILES string of the molecule is NCP(P)c1ccccc1. The zero-order chi connectivity index (χ0) is 7.40. The molecule has 2 unspecified atom stereocenters. The molecule has 1 rings (SSSR count). The van der Waals surface area contributed by atoms with Gasteiger partial charge in [-0.05, 0) is 12.9 Å². The summed E-state index contributed by atoms with van der Waals surface area (Å²) in [7, 11) is 2.61. The highest BCUT2D eigenvalue weighted by molar-refractivity contribution is 8.17. The van der Waals surface area contributed by atoms with Gasteiger partial charge in [0.1, 0.15) is 0 Å². The van der Waals surface area contributed by atoms with Gasteiger partial charge in [-0.2, -0.15) is 0 Å². The van der Waals surface area contributed by atoms with Crippen LogP contribution in [0.25, 0.3) is 0 Å². The third-order valence-corrected chi connectivity index (χ3v) is 4.17. The van der Waals surface area contributed by atoms with Gasteiger partial charge in [0.15, 0.2) is 0 Å². The average Bonchev–Trinajstić information content (AvgIpc) is 2.05. The minimum absolute atomic E-state index is 0.179. The molecule has 0 aliphatic heterocycles. The lowest BCUT2D eigenvalue weighted by Gasteiger charge is -2.07. The van der Waals surface area contributed by atoms with Crippen LogP contribution in [0.4, 0.5) is 0 Å². The molecule has 0 aliphatic rings.